The number of rotatable bonds is 2. The number of benzene rings is 1. The van der Waals surface area contributed by atoms with E-state index in [4.69, 9.17) is 5.73 Å². The van der Waals surface area contributed by atoms with Crippen molar-refractivity contribution in [1.29, 1.82) is 0 Å². The van der Waals surface area contributed by atoms with Crippen molar-refractivity contribution < 1.29 is 9.18 Å². The number of nitrogens with two attached hydrogens (primary N) is 1. The van der Waals surface area contributed by atoms with Crippen molar-refractivity contribution in [2.75, 3.05) is 0 Å². The van der Waals surface area contributed by atoms with E-state index >= 15 is 0 Å². The fourth-order valence-corrected chi connectivity index (χ4v) is 3.42. The van der Waals surface area contributed by atoms with E-state index in [-0.39, 0.29) is 11.8 Å². The lowest BCUT2D eigenvalue weighted by Gasteiger charge is -2.19. The molecular formula is C16H17FN2O. The van der Waals surface area contributed by atoms with E-state index in [9.17, 15) is 9.18 Å². The maximum absolute atomic E-state index is 14.2. The van der Waals surface area contributed by atoms with Gasteiger partial charge >= 0.3 is 0 Å². The van der Waals surface area contributed by atoms with Crippen molar-refractivity contribution in [3.8, 4) is 0 Å². The number of fused-ring (bicyclic) bond motifs is 3. The highest BCUT2D eigenvalue weighted by Gasteiger charge is 2.45. The molecule has 2 aliphatic rings. The lowest BCUT2D eigenvalue weighted by Crippen LogP contribution is -2.24. The van der Waals surface area contributed by atoms with E-state index in [1.165, 1.54) is 0 Å². The number of hydrogen-bond donors (Lipinski definition) is 2. The predicted molar refractivity (Wildman–Crippen MR) is 75.2 cm³/mol. The molecule has 2 aromatic rings. The minimum Gasteiger partial charge on any atom is -0.369 e. The molecule has 1 heterocycles. The molecule has 1 aromatic carbocycles. The molecule has 104 valence electrons. The quantitative estimate of drug-likeness (QED) is 0.867. The largest absolute Gasteiger partial charge is 0.369 e. The zero-order valence-corrected chi connectivity index (χ0v) is 11.2. The van der Waals surface area contributed by atoms with Gasteiger partial charge in [-0.25, -0.2) is 4.39 Å². The number of amides is 1. The second kappa shape index (κ2) is 3.84. The first kappa shape index (κ1) is 11.9. The standard InChI is InChI=1S/C16H17FN2O/c17-16(6-7-16)9-4-5-13-12(8-9)10-2-1-3-11(15(18)20)14(10)19-13/h4-5,8,11,19H,1-3,6-7H2,(H2,18,20)/t11-/m0/s1. The number of alkyl halides is 1. The maximum atomic E-state index is 14.2. The molecule has 1 amide bonds. The Labute approximate surface area is 116 Å². The van der Waals surface area contributed by atoms with Gasteiger partial charge in [0.05, 0.1) is 5.92 Å². The third kappa shape index (κ3) is 1.60. The van der Waals surface area contributed by atoms with Gasteiger partial charge in [0.1, 0.15) is 5.67 Å². The van der Waals surface area contributed by atoms with Crippen LogP contribution in [0, 0.1) is 0 Å². The van der Waals surface area contributed by atoms with Crippen LogP contribution in [0.15, 0.2) is 18.2 Å². The van der Waals surface area contributed by atoms with Crippen LogP contribution in [-0.2, 0) is 16.9 Å². The van der Waals surface area contributed by atoms with Crippen LogP contribution in [0.4, 0.5) is 4.39 Å². The van der Waals surface area contributed by atoms with Crippen molar-refractivity contribution in [2.45, 2.75) is 43.7 Å². The molecule has 3 N–H and O–H groups in total. The van der Waals surface area contributed by atoms with Crippen LogP contribution in [0.2, 0.25) is 0 Å². The number of aryl methyl sites for hydroxylation is 1. The molecule has 1 fully saturated rings. The molecule has 3 nitrogen and oxygen atoms in total. The van der Waals surface area contributed by atoms with Crippen LogP contribution < -0.4 is 5.73 Å². The van der Waals surface area contributed by atoms with Crippen LogP contribution in [-0.4, -0.2) is 10.9 Å². The summed E-state index contributed by atoms with van der Waals surface area (Å²) in [7, 11) is 0. The van der Waals surface area contributed by atoms with Crippen molar-refractivity contribution >= 4 is 16.8 Å². The summed E-state index contributed by atoms with van der Waals surface area (Å²) in [6.45, 7) is 0. The van der Waals surface area contributed by atoms with Crippen LogP contribution in [0.25, 0.3) is 10.9 Å². The molecule has 0 spiro atoms. The number of carbonyl (C=O) groups is 1. The van der Waals surface area contributed by atoms with Crippen molar-refractivity contribution in [1.82, 2.24) is 4.98 Å². The van der Waals surface area contributed by atoms with Gasteiger partial charge < -0.3 is 10.7 Å². The Morgan fingerprint density at radius 2 is 2.20 bits per heavy atom. The molecule has 1 atom stereocenters. The van der Waals surface area contributed by atoms with Crippen molar-refractivity contribution in [3.05, 3.63) is 35.0 Å². The maximum Gasteiger partial charge on any atom is 0.226 e. The minimum absolute atomic E-state index is 0.227. The van der Waals surface area contributed by atoms with Crippen LogP contribution in [0.1, 0.15) is 48.4 Å². The summed E-state index contributed by atoms with van der Waals surface area (Å²) in [5, 5.41) is 1.06. The number of aromatic amines is 1. The Kier molecular flexibility index (Phi) is 2.29. The van der Waals surface area contributed by atoms with E-state index in [0.717, 1.165) is 47.0 Å². The SMILES string of the molecule is NC(=O)[C@H]1CCCc2c1[nH]c1ccc(C3(F)CC3)cc21. The second-order valence-corrected chi connectivity index (χ2v) is 6.09. The normalized spacial score (nSPS) is 23.6. The van der Waals surface area contributed by atoms with Gasteiger partial charge in [0.25, 0.3) is 0 Å². The Bertz CT molecular complexity index is 715. The fraction of sp³-hybridized carbons (Fsp3) is 0.438. The van der Waals surface area contributed by atoms with Crippen molar-refractivity contribution in [2.24, 2.45) is 5.73 Å². The number of hydrogen-bond acceptors (Lipinski definition) is 1. The molecule has 1 saturated carbocycles. The summed E-state index contributed by atoms with van der Waals surface area (Å²) >= 11 is 0. The Hall–Kier alpha value is -1.84. The van der Waals surface area contributed by atoms with E-state index in [2.05, 4.69) is 4.98 Å². The second-order valence-electron chi connectivity index (χ2n) is 6.09. The molecule has 4 rings (SSSR count). The zero-order valence-electron chi connectivity index (χ0n) is 11.2. The number of aromatic nitrogens is 1. The molecule has 1 aromatic heterocycles. The summed E-state index contributed by atoms with van der Waals surface area (Å²) in [5.74, 6) is -0.503. The molecule has 0 saturated heterocycles. The van der Waals surface area contributed by atoms with Gasteiger partial charge in [-0.3, -0.25) is 4.79 Å². The Balaban J connectivity index is 1.90. The van der Waals surface area contributed by atoms with Crippen LogP contribution >= 0.6 is 0 Å². The number of H-pyrrole nitrogens is 1. The highest BCUT2D eigenvalue weighted by Crippen LogP contribution is 2.50. The summed E-state index contributed by atoms with van der Waals surface area (Å²) in [6, 6.07) is 5.75. The van der Waals surface area contributed by atoms with E-state index in [0.29, 0.717) is 12.8 Å². The van der Waals surface area contributed by atoms with Gasteiger partial charge in [-0.1, -0.05) is 6.07 Å². The fourth-order valence-electron chi connectivity index (χ4n) is 3.42. The lowest BCUT2D eigenvalue weighted by molar-refractivity contribution is -0.119. The van der Waals surface area contributed by atoms with Gasteiger partial charge in [0, 0.05) is 16.6 Å². The van der Waals surface area contributed by atoms with Gasteiger partial charge in [-0.05, 0) is 55.4 Å². The first-order valence-corrected chi connectivity index (χ1v) is 7.22. The zero-order chi connectivity index (χ0) is 13.9. The molecule has 0 unspecified atom stereocenters. The highest BCUT2D eigenvalue weighted by atomic mass is 19.1. The molecular weight excluding hydrogens is 255 g/mol. The smallest absolute Gasteiger partial charge is 0.226 e. The molecule has 0 radical (unpaired) electrons. The molecule has 2 aliphatic carbocycles. The lowest BCUT2D eigenvalue weighted by atomic mass is 9.86. The van der Waals surface area contributed by atoms with Crippen LogP contribution in [0.3, 0.4) is 0 Å². The minimum atomic E-state index is -1.11. The predicted octanol–water partition coefficient (Wildman–Crippen LogP) is 3.03. The number of primary amides is 1. The monoisotopic (exact) mass is 272 g/mol. The van der Waals surface area contributed by atoms with Gasteiger partial charge in [-0.2, -0.15) is 0 Å². The summed E-state index contributed by atoms with van der Waals surface area (Å²) < 4.78 is 14.2. The molecule has 0 aliphatic heterocycles. The van der Waals surface area contributed by atoms with E-state index in [1.807, 2.05) is 18.2 Å². The van der Waals surface area contributed by atoms with E-state index in [1.54, 1.807) is 0 Å². The van der Waals surface area contributed by atoms with E-state index < -0.39 is 5.67 Å². The summed E-state index contributed by atoms with van der Waals surface area (Å²) in [6.07, 6.45) is 3.93. The topological polar surface area (TPSA) is 58.9 Å². The van der Waals surface area contributed by atoms with Gasteiger partial charge in [-0.15, -0.1) is 0 Å². The van der Waals surface area contributed by atoms with Gasteiger partial charge in [0.15, 0.2) is 0 Å². The summed E-state index contributed by atoms with van der Waals surface area (Å²) in [5.41, 5.74) is 8.23. The molecule has 20 heavy (non-hydrogen) atoms. The molecule has 4 heteroatoms. The average molecular weight is 272 g/mol. The first-order valence-electron chi connectivity index (χ1n) is 7.22. The van der Waals surface area contributed by atoms with Crippen molar-refractivity contribution in [3.63, 3.8) is 0 Å². The van der Waals surface area contributed by atoms with Crippen LogP contribution in [0.5, 0.6) is 0 Å². The number of carbonyl (C=O) groups excluding carboxylic acids is 1. The molecule has 0 bridgehead atoms. The Morgan fingerprint density at radius 1 is 1.40 bits per heavy atom. The number of nitrogens with one attached hydrogen (secondary N) is 1. The first-order chi connectivity index (χ1) is 9.58. The number of halogens is 1. The third-order valence-electron chi connectivity index (χ3n) is 4.76. The Morgan fingerprint density at radius 3 is 2.90 bits per heavy atom. The summed E-state index contributed by atoms with van der Waals surface area (Å²) in [4.78, 5) is 14.9. The van der Waals surface area contributed by atoms with Gasteiger partial charge in [0.2, 0.25) is 5.91 Å². The third-order valence-corrected chi connectivity index (χ3v) is 4.76. The highest BCUT2D eigenvalue weighted by molar-refractivity contribution is 5.90. The average Bonchev–Trinajstić information content (AvgIpc) is 3.08.